The molecular formula is C20H18N2O5S. The third kappa shape index (κ3) is 3.46. The van der Waals surface area contributed by atoms with Crippen molar-refractivity contribution in [2.24, 2.45) is 0 Å². The van der Waals surface area contributed by atoms with Crippen LogP contribution in [-0.2, 0) is 0 Å². The largest absolute Gasteiger partial charge is 0.497 e. The molecule has 7 nitrogen and oxygen atoms in total. The van der Waals surface area contributed by atoms with Crippen molar-refractivity contribution in [3.8, 4) is 34.3 Å². The highest BCUT2D eigenvalue weighted by molar-refractivity contribution is 7.16. The second kappa shape index (κ2) is 7.40. The minimum Gasteiger partial charge on any atom is -0.497 e. The summed E-state index contributed by atoms with van der Waals surface area (Å²) in [5.41, 5.74) is 2.12. The lowest BCUT2D eigenvalue weighted by Crippen LogP contribution is -2.12. The van der Waals surface area contributed by atoms with Gasteiger partial charge in [-0.15, -0.1) is 11.3 Å². The van der Waals surface area contributed by atoms with Crippen LogP contribution in [0.25, 0.3) is 11.3 Å². The Hall–Kier alpha value is -3.26. The molecule has 0 spiro atoms. The van der Waals surface area contributed by atoms with Gasteiger partial charge in [0, 0.05) is 22.1 Å². The third-order valence-electron chi connectivity index (χ3n) is 4.28. The van der Waals surface area contributed by atoms with Crippen LogP contribution in [0.15, 0.2) is 36.4 Å². The number of hydrogen-bond acceptors (Lipinski definition) is 7. The van der Waals surface area contributed by atoms with Crippen LogP contribution in [0.2, 0.25) is 0 Å². The van der Waals surface area contributed by atoms with E-state index >= 15 is 0 Å². The number of thiazole rings is 1. The third-order valence-corrected chi connectivity index (χ3v) is 5.16. The highest BCUT2D eigenvalue weighted by atomic mass is 32.1. The normalized spacial score (nSPS) is 12.0. The number of rotatable bonds is 5. The van der Waals surface area contributed by atoms with Crippen LogP contribution in [0.5, 0.6) is 23.0 Å². The molecule has 0 aliphatic carbocycles. The number of nitrogens with one attached hydrogen (secondary N) is 1. The Morgan fingerprint density at radius 1 is 1.07 bits per heavy atom. The Kier molecular flexibility index (Phi) is 4.79. The lowest BCUT2D eigenvalue weighted by molar-refractivity contribution is 0.102. The van der Waals surface area contributed by atoms with E-state index in [0.717, 1.165) is 21.9 Å². The molecule has 8 heteroatoms. The van der Waals surface area contributed by atoms with Gasteiger partial charge in [-0.25, -0.2) is 4.98 Å². The Bertz CT molecular complexity index is 1020. The number of methoxy groups -OCH3 is 2. The first-order chi connectivity index (χ1) is 13.6. The molecular weight excluding hydrogens is 380 g/mol. The number of fused-ring (bicyclic) bond motifs is 1. The number of ether oxygens (including phenoxy) is 4. The smallest absolute Gasteiger partial charge is 0.257 e. The average molecular weight is 398 g/mol. The molecule has 1 amide bonds. The fraction of sp³-hybridized carbons (Fsp3) is 0.200. The SMILES string of the molecule is COc1cc(OC)cc(C(=O)Nc2nc(-c3ccc4c(c3)OCO4)c(C)s2)c1. The summed E-state index contributed by atoms with van der Waals surface area (Å²) in [6.07, 6.45) is 0. The predicted octanol–water partition coefficient (Wildman–Crippen LogP) is 4.12. The van der Waals surface area contributed by atoms with Gasteiger partial charge < -0.3 is 18.9 Å². The lowest BCUT2D eigenvalue weighted by Gasteiger charge is -2.08. The van der Waals surface area contributed by atoms with Crippen LogP contribution in [0.4, 0.5) is 5.13 Å². The summed E-state index contributed by atoms with van der Waals surface area (Å²) in [4.78, 5) is 18.2. The zero-order valence-corrected chi connectivity index (χ0v) is 16.4. The van der Waals surface area contributed by atoms with Crippen molar-refractivity contribution < 1.29 is 23.7 Å². The number of anilines is 1. The number of amides is 1. The van der Waals surface area contributed by atoms with Gasteiger partial charge in [-0.1, -0.05) is 0 Å². The summed E-state index contributed by atoms with van der Waals surface area (Å²) in [5.74, 6) is 2.21. The van der Waals surface area contributed by atoms with Crippen LogP contribution >= 0.6 is 11.3 Å². The zero-order valence-electron chi connectivity index (χ0n) is 15.6. The highest BCUT2D eigenvalue weighted by Crippen LogP contribution is 2.38. The summed E-state index contributed by atoms with van der Waals surface area (Å²) in [5, 5.41) is 3.36. The van der Waals surface area contributed by atoms with Crippen LogP contribution < -0.4 is 24.3 Å². The van der Waals surface area contributed by atoms with Crippen molar-refractivity contribution in [2.45, 2.75) is 6.92 Å². The van der Waals surface area contributed by atoms with Gasteiger partial charge in [0.1, 0.15) is 11.5 Å². The van der Waals surface area contributed by atoms with Gasteiger partial charge in [-0.05, 0) is 37.3 Å². The van der Waals surface area contributed by atoms with Gasteiger partial charge in [-0.2, -0.15) is 0 Å². The van der Waals surface area contributed by atoms with Crippen LogP contribution in [0, 0.1) is 6.92 Å². The monoisotopic (exact) mass is 398 g/mol. The number of hydrogen-bond donors (Lipinski definition) is 1. The Labute approximate surface area is 165 Å². The molecule has 144 valence electrons. The van der Waals surface area contributed by atoms with Crippen molar-refractivity contribution >= 4 is 22.4 Å². The standard InChI is InChI=1S/C20H18N2O5S/c1-11-18(12-4-5-16-17(8-12)27-10-26-16)21-20(28-11)22-19(23)13-6-14(24-2)9-15(7-13)25-3/h4-9H,10H2,1-3H3,(H,21,22,23). The van der Waals surface area contributed by atoms with Gasteiger partial charge in [0.05, 0.1) is 19.9 Å². The lowest BCUT2D eigenvalue weighted by atomic mass is 10.1. The van der Waals surface area contributed by atoms with E-state index in [0.29, 0.717) is 27.9 Å². The molecule has 2 heterocycles. The Morgan fingerprint density at radius 2 is 1.79 bits per heavy atom. The highest BCUT2D eigenvalue weighted by Gasteiger charge is 2.18. The second-order valence-electron chi connectivity index (χ2n) is 6.05. The first kappa shape index (κ1) is 18.1. The van der Waals surface area contributed by atoms with E-state index in [1.54, 1.807) is 18.2 Å². The Morgan fingerprint density at radius 3 is 2.50 bits per heavy atom. The summed E-state index contributed by atoms with van der Waals surface area (Å²) in [6, 6.07) is 10.7. The van der Waals surface area contributed by atoms with Gasteiger partial charge in [0.2, 0.25) is 6.79 Å². The molecule has 0 saturated heterocycles. The number of aromatic nitrogens is 1. The van der Waals surface area contributed by atoms with Crippen molar-refractivity contribution in [3.05, 3.63) is 46.8 Å². The summed E-state index contributed by atoms with van der Waals surface area (Å²) < 4.78 is 21.2. The van der Waals surface area contributed by atoms with E-state index in [4.69, 9.17) is 18.9 Å². The number of benzene rings is 2. The fourth-order valence-electron chi connectivity index (χ4n) is 2.87. The van der Waals surface area contributed by atoms with Crippen LogP contribution in [0.3, 0.4) is 0 Å². The second-order valence-corrected chi connectivity index (χ2v) is 7.25. The number of aryl methyl sites for hydroxylation is 1. The van der Waals surface area contributed by atoms with Crippen molar-refractivity contribution in [3.63, 3.8) is 0 Å². The first-order valence-electron chi connectivity index (χ1n) is 8.49. The topological polar surface area (TPSA) is 78.9 Å². The van der Waals surface area contributed by atoms with E-state index in [2.05, 4.69) is 10.3 Å². The van der Waals surface area contributed by atoms with Gasteiger partial charge in [-0.3, -0.25) is 10.1 Å². The molecule has 2 aromatic carbocycles. The maximum Gasteiger partial charge on any atom is 0.257 e. The molecule has 1 N–H and O–H groups in total. The molecule has 4 rings (SSSR count). The average Bonchev–Trinajstić information content (AvgIpc) is 3.32. The maximum atomic E-state index is 12.7. The molecule has 0 unspecified atom stereocenters. The van der Waals surface area contributed by atoms with Gasteiger partial charge in [0.15, 0.2) is 16.6 Å². The van der Waals surface area contributed by atoms with Crippen LogP contribution in [-0.4, -0.2) is 31.9 Å². The predicted molar refractivity (Wildman–Crippen MR) is 106 cm³/mol. The van der Waals surface area contributed by atoms with E-state index in [-0.39, 0.29) is 12.7 Å². The van der Waals surface area contributed by atoms with E-state index < -0.39 is 0 Å². The molecule has 1 aliphatic rings. The fourth-order valence-corrected chi connectivity index (χ4v) is 3.70. The Balaban J connectivity index is 1.58. The molecule has 1 aromatic heterocycles. The van der Waals surface area contributed by atoms with Gasteiger partial charge >= 0.3 is 0 Å². The molecule has 0 atom stereocenters. The van der Waals surface area contributed by atoms with Gasteiger partial charge in [0.25, 0.3) is 5.91 Å². The van der Waals surface area contributed by atoms with E-state index in [1.165, 1.54) is 25.6 Å². The molecule has 28 heavy (non-hydrogen) atoms. The zero-order chi connectivity index (χ0) is 19.7. The minimum absolute atomic E-state index is 0.222. The van der Waals surface area contributed by atoms with Crippen molar-refractivity contribution in [2.75, 3.05) is 26.3 Å². The first-order valence-corrected chi connectivity index (χ1v) is 9.31. The van der Waals surface area contributed by atoms with E-state index in [9.17, 15) is 4.79 Å². The molecule has 0 saturated carbocycles. The minimum atomic E-state index is -0.289. The number of nitrogens with zero attached hydrogens (tertiary/aromatic N) is 1. The number of carbonyl (C=O) groups excluding carboxylic acids is 1. The maximum absolute atomic E-state index is 12.7. The van der Waals surface area contributed by atoms with Crippen molar-refractivity contribution in [1.82, 2.24) is 4.98 Å². The summed E-state index contributed by atoms with van der Waals surface area (Å²) in [7, 11) is 3.08. The molecule has 1 aliphatic heterocycles. The quantitative estimate of drug-likeness (QED) is 0.697. The molecule has 0 radical (unpaired) electrons. The molecule has 0 fully saturated rings. The van der Waals surface area contributed by atoms with E-state index in [1.807, 2.05) is 25.1 Å². The molecule has 3 aromatic rings. The summed E-state index contributed by atoms with van der Waals surface area (Å²) >= 11 is 1.41. The summed E-state index contributed by atoms with van der Waals surface area (Å²) in [6.45, 7) is 2.18. The van der Waals surface area contributed by atoms with Crippen molar-refractivity contribution in [1.29, 1.82) is 0 Å². The number of carbonyl (C=O) groups is 1. The molecule has 0 bridgehead atoms. The van der Waals surface area contributed by atoms with Crippen LogP contribution in [0.1, 0.15) is 15.2 Å².